The Labute approximate surface area is 131 Å². The van der Waals surface area contributed by atoms with E-state index in [4.69, 9.17) is 5.11 Å². The van der Waals surface area contributed by atoms with Crippen LogP contribution >= 0.6 is 15.9 Å². The van der Waals surface area contributed by atoms with Crippen LogP contribution in [0.25, 0.3) is 0 Å². The average molecular weight is 348 g/mol. The molecule has 0 fully saturated rings. The summed E-state index contributed by atoms with van der Waals surface area (Å²) in [5.74, 6) is -1.03. The molecule has 0 heterocycles. The number of rotatable bonds is 4. The van der Waals surface area contributed by atoms with Crippen molar-refractivity contribution in [1.29, 1.82) is 0 Å². The number of hydrogen-bond donors (Lipinski definition) is 1. The maximum absolute atomic E-state index is 11.8. The molecule has 0 saturated carbocycles. The van der Waals surface area contributed by atoms with Crippen molar-refractivity contribution in [2.24, 2.45) is 0 Å². The molecule has 0 aliphatic carbocycles. The Morgan fingerprint density at radius 3 is 2.10 bits per heavy atom. The summed E-state index contributed by atoms with van der Waals surface area (Å²) in [4.78, 5) is 24.3. The number of nitrogens with zero attached hydrogens (tertiary/aromatic N) is 1. The first-order chi connectivity index (χ1) is 9.97. The minimum Gasteiger partial charge on any atom is -0.478 e. The van der Waals surface area contributed by atoms with E-state index in [1.807, 2.05) is 24.3 Å². The highest BCUT2D eigenvalue weighted by molar-refractivity contribution is 9.10. The SMILES string of the molecule is CC(=O)N(Cc1ccc(C(=O)O)cc1)c1ccc(Br)cc1. The molecule has 0 atom stereocenters. The molecule has 2 aromatic rings. The van der Waals surface area contributed by atoms with Gasteiger partial charge in [0.2, 0.25) is 5.91 Å². The fourth-order valence-corrected chi connectivity index (χ4v) is 2.21. The summed E-state index contributed by atoms with van der Waals surface area (Å²) in [5, 5.41) is 8.88. The van der Waals surface area contributed by atoms with Crippen LogP contribution in [0.4, 0.5) is 5.69 Å². The maximum Gasteiger partial charge on any atom is 0.335 e. The molecule has 0 aromatic heterocycles. The van der Waals surface area contributed by atoms with Crippen molar-refractivity contribution in [3.05, 3.63) is 64.1 Å². The quantitative estimate of drug-likeness (QED) is 0.917. The van der Waals surface area contributed by atoms with Crippen LogP contribution < -0.4 is 4.90 Å². The summed E-state index contributed by atoms with van der Waals surface area (Å²) in [5.41, 5.74) is 1.91. The topological polar surface area (TPSA) is 57.6 Å². The molecule has 5 heteroatoms. The summed E-state index contributed by atoms with van der Waals surface area (Å²) < 4.78 is 0.945. The van der Waals surface area contributed by atoms with Crippen molar-refractivity contribution in [1.82, 2.24) is 0 Å². The van der Waals surface area contributed by atoms with Crippen LogP contribution in [0.3, 0.4) is 0 Å². The second-order valence-corrected chi connectivity index (χ2v) is 5.50. The van der Waals surface area contributed by atoms with Crippen molar-refractivity contribution >= 4 is 33.5 Å². The monoisotopic (exact) mass is 347 g/mol. The fraction of sp³-hybridized carbons (Fsp3) is 0.125. The van der Waals surface area contributed by atoms with E-state index in [0.29, 0.717) is 6.54 Å². The predicted molar refractivity (Wildman–Crippen MR) is 84.4 cm³/mol. The van der Waals surface area contributed by atoms with Crippen molar-refractivity contribution in [3.8, 4) is 0 Å². The molecule has 0 aliphatic rings. The first-order valence-electron chi connectivity index (χ1n) is 6.33. The average Bonchev–Trinajstić information content (AvgIpc) is 2.46. The molecule has 1 N–H and O–H groups in total. The van der Waals surface area contributed by atoms with Gasteiger partial charge >= 0.3 is 5.97 Å². The highest BCUT2D eigenvalue weighted by Gasteiger charge is 2.12. The number of benzene rings is 2. The number of aromatic carboxylic acids is 1. The molecule has 108 valence electrons. The third kappa shape index (κ3) is 3.92. The van der Waals surface area contributed by atoms with Crippen molar-refractivity contribution in [2.75, 3.05) is 4.90 Å². The van der Waals surface area contributed by atoms with Gasteiger partial charge in [-0.2, -0.15) is 0 Å². The lowest BCUT2D eigenvalue weighted by atomic mass is 10.1. The summed E-state index contributed by atoms with van der Waals surface area (Å²) in [7, 11) is 0. The molecule has 21 heavy (non-hydrogen) atoms. The third-order valence-corrected chi connectivity index (χ3v) is 3.59. The smallest absolute Gasteiger partial charge is 0.335 e. The van der Waals surface area contributed by atoms with Crippen LogP contribution in [-0.2, 0) is 11.3 Å². The molecule has 2 rings (SSSR count). The first kappa shape index (κ1) is 15.3. The van der Waals surface area contributed by atoms with Gasteiger partial charge in [-0.25, -0.2) is 4.79 Å². The normalized spacial score (nSPS) is 10.2. The minimum absolute atomic E-state index is 0.0698. The second-order valence-electron chi connectivity index (χ2n) is 4.58. The minimum atomic E-state index is -0.960. The van der Waals surface area contributed by atoms with Gasteiger partial charge in [0.25, 0.3) is 0 Å². The fourth-order valence-electron chi connectivity index (χ4n) is 1.94. The second kappa shape index (κ2) is 6.54. The molecule has 0 unspecified atom stereocenters. The van der Waals surface area contributed by atoms with Crippen LogP contribution in [0.5, 0.6) is 0 Å². The Hall–Kier alpha value is -2.14. The predicted octanol–water partition coefficient (Wildman–Crippen LogP) is 3.70. The molecule has 0 aliphatic heterocycles. The number of anilines is 1. The number of carbonyl (C=O) groups excluding carboxylic acids is 1. The Bertz CT molecular complexity index is 650. The van der Waals surface area contributed by atoms with Gasteiger partial charge in [0, 0.05) is 17.1 Å². The Morgan fingerprint density at radius 2 is 1.62 bits per heavy atom. The van der Waals surface area contributed by atoms with Crippen molar-refractivity contribution in [2.45, 2.75) is 13.5 Å². The lowest BCUT2D eigenvalue weighted by Gasteiger charge is -2.21. The summed E-state index contributed by atoms with van der Waals surface area (Å²) in [6.45, 7) is 1.91. The van der Waals surface area contributed by atoms with Gasteiger partial charge in [0.15, 0.2) is 0 Å². The zero-order valence-corrected chi connectivity index (χ0v) is 13.0. The van der Waals surface area contributed by atoms with E-state index in [9.17, 15) is 9.59 Å². The Morgan fingerprint density at radius 1 is 1.05 bits per heavy atom. The van der Waals surface area contributed by atoms with Gasteiger partial charge in [-0.1, -0.05) is 28.1 Å². The van der Waals surface area contributed by atoms with Gasteiger partial charge in [0.05, 0.1) is 12.1 Å². The first-order valence-corrected chi connectivity index (χ1v) is 7.12. The van der Waals surface area contributed by atoms with Crippen molar-refractivity contribution < 1.29 is 14.7 Å². The van der Waals surface area contributed by atoms with Gasteiger partial charge < -0.3 is 10.0 Å². The van der Waals surface area contributed by atoms with Crippen LogP contribution in [0.1, 0.15) is 22.8 Å². The van der Waals surface area contributed by atoms with E-state index in [-0.39, 0.29) is 11.5 Å². The van der Waals surface area contributed by atoms with E-state index in [1.165, 1.54) is 19.1 Å². The highest BCUT2D eigenvalue weighted by Crippen LogP contribution is 2.21. The maximum atomic E-state index is 11.8. The molecular weight excluding hydrogens is 334 g/mol. The van der Waals surface area contributed by atoms with Gasteiger partial charge in [0.1, 0.15) is 0 Å². The number of amides is 1. The molecule has 0 saturated heterocycles. The van der Waals surface area contributed by atoms with Crippen molar-refractivity contribution in [3.63, 3.8) is 0 Å². The Balaban J connectivity index is 2.22. The molecule has 0 radical (unpaired) electrons. The summed E-state index contributed by atoms with van der Waals surface area (Å²) >= 11 is 3.36. The molecule has 1 amide bonds. The number of carbonyl (C=O) groups is 2. The van der Waals surface area contributed by atoms with E-state index < -0.39 is 5.97 Å². The zero-order valence-electron chi connectivity index (χ0n) is 11.4. The van der Waals surface area contributed by atoms with E-state index in [2.05, 4.69) is 15.9 Å². The number of halogens is 1. The zero-order chi connectivity index (χ0) is 15.4. The van der Waals surface area contributed by atoms with Gasteiger partial charge in [-0.3, -0.25) is 4.79 Å². The molecule has 2 aromatic carbocycles. The summed E-state index contributed by atoms with van der Waals surface area (Å²) in [6.07, 6.45) is 0. The highest BCUT2D eigenvalue weighted by atomic mass is 79.9. The Kier molecular flexibility index (Phi) is 4.75. The van der Waals surface area contributed by atoms with E-state index >= 15 is 0 Å². The van der Waals surface area contributed by atoms with E-state index in [1.54, 1.807) is 17.0 Å². The van der Waals surface area contributed by atoms with Gasteiger partial charge in [-0.05, 0) is 42.0 Å². The van der Waals surface area contributed by atoms with Crippen LogP contribution in [0.2, 0.25) is 0 Å². The van der Waals surface area contributed by atoms with Crippen LogP contribution in [0, 0.1) is 0 Å². The number of carboxylic acids is 1. The van der Waals surface area contributed by atoms with Gasteiger partial charge in [-0.15, -0.1) is 0 Å². The number of carboxylic acid groups (broad SMARTS) is 1. The molecule has 0 spiro atoms. The largest absolute Gasteiger partial charge is 0.478 e. The third-order valence-electron chi connectivity index (χ3n) is 3.06. The summed E-state index contributed by atoms with van der Waals surface area (Å²) in [6, 6.07) is 14.0. The molecule has 0 bridgehead atoms. The standard InChI is InChI=1S/C16H14BrNO3/c1-11(19)18(15-8-6-14(17)7-9-15)10-12-2-4-13(5-3-12)16(20)21/h2-9H,10H2,1H3,(H,20,21). The lowest BCUT2D eigenvalue weighted by molar-refractivity contribution is -0.116. The molecular formula is C16H14BrNO3. The van der Waals surface area contributed by atoms with Crippen LogP contribution in [0.15, 0.2) is 53.0 Å². The lowest BCUT2D eigenvalue weighted by Crippen LogP contribution is -2.27. The number of hydrogen-bond acceptors (Lipinski definition) is 2. The van der Waals surface area contributed by atoms with Crippen LogP contribution in [-0.4, -0.2) is 17.0 Å². The molecule has 4 nitrogen and oxygen atoms in total. The van der Waals surface area contributed by atoms with E-state index in [0.717, 1.165) is 15.7 Å².